The maximum absolute atomic E-state index is 6.14. The van der Waals surface area contributed by atoms with Crippen molar-refractivity contribution in [3.63, 3.8) is 0 Å². The van der Waals surface area contributed by atoms with Gasteiger partial charge in [0.2, 0.25) is 0 Å². The molecule has 1 aromatic heterocycles. The number of aryl methyl sites for hydroxylation is 1. The zero-order chi connectivity index (χ0) is 14.2. The molecule has 0 spiro atoms. The van der Waals surface area contributed by atoms with Crippen LogP contribution in [0, 0.1) is 6.92 Å². The quantitative estimate of drug-likeness (QED) is 0.749. The molecule has 5 heteroatoms. The third kappa shape index (κ3) is 3.00. The molecule has 0 unspecified atom stereocenters. The van der Waals surface area contributed by atoms with E-state index in [2.05, 4.69) is 57.5 Å². The van der Waals surface area contributed by atoms with Crippen molar-refractivity contribution in [3.8, 4) is 11.4 Å². The molecule has 0 fully saturated rings. The van der Waals surface area contributed by atoms with Crippen LogP contribution in [-0.2, 0) is 10.9 Å². The smallest absolute Gasteiger partial charge is 0.164 e. The van der Waals surface area contributed by atoms with Gasteiger partial charge in [-0.1, -0.05) is 27.5 Å². The summed E-state index contributed by atoms with van der Waals surface area (Å²) in [7, 11) is 0. The lowest BCUT2D eigenvalue weighted by Gasteiger charge is -2.24. The fourth-order valence-corrected chi connectivity index (χ4v) is 2.81. The second-order valence-electron chi connectivity index (χ2n) is 5.60. The van der Waals surface area contributed by atoms with E-state index >= 15 is 0 Å². The van der Waals surface area contributed by atoms with Crippen LogP contribution in [0.4, 0.5) is 0 Å². The summed E-state index contributed by atoms with van der Waals surface area (Å²) in [5.74, 6) is 1.77. The van der Waals surface area contributed by atoms with Gasteiger partial charge in [0.15, 0.2) is 5.82 Å². The molecule has 0 aliphatic carbocycles. The predicted molar refractivity (Wildman–Crippen MR) is 82.8 cm³/mol. The lowest BCUT2D eigenvalue weighted by Crippen LogP contribution is -2.24. The van der Waals surface area contributed by atoms with Crippen LogP contribution in [-0.4, -0.2) is 14.8 Å². The molecule has 0 atom stereocenters. The molecule has 0 aliphatic rings. The van der Waals surface area contributed by atoms with Crippen LogP contribution < -0.4 is 0 Å². The van der Waals surface area contributed by atoms with E-state index in [4.69, 9.17) is 11.6 Å². The summed E-state index contributed by atoms with van der Waals surface area (Å²) < 4.78 is 2.15. The van der Waals surface area contributed by atoms with Gasteiger partial charge in [0, 0.05) is 16.1 Å². The van der Waals surface area contributed by atoms with Crippen LogP contribution in [0.2, 0.25) is 5.02 Å². The number of hydrogen-bond acceptors (Lipinski definition) is 2. The van der Waals surface area contributed by atoms with Crippen molar-refractivity contribution >= 4 is 27.5 Å². The molecule has 1 aromatic carbocycles. The van der Waals surface area contributed by atoms with Gasteiger partial charge in [-0.2, -0.15) is 0 Å². The first-order valence-corrected chi connectivity index (χ1v) is 7.61. The topological polar surface area (TPSA) is 30.7 Å². The largest absolute Gasteiger partial charge is 0.305 e. The highest BCUT2D eigenvalue weighted by Crippen LogP contribution is 2.29. The molecule has 0 saturated carbocycles. The zero-order valence-corrected chi connectivity index (χ0v) is 13.9. The molecule has 102 valence electrons. The zero-order valence-electron chi connectivity index (χ0n) is 11.5. The lowest BCUT2D eigenvalue weighted by molar-refractivity contribution is 0.391. The normalized spacial score (nSPS) is 11.9. The van der Waals surface area contributed by atoms with Gasteiger partial charge >= 0.3 is 0 Å². The lowest BCUT2D eigenvalue weighted by atomic mass is 10.1. The highest BCUT2D eigenvalue weighted by atomic mass is 79.9. The van der Waals surface area contributed by atoms with Gasteiger partial charge in [0.05, 0.1) is 5.33 Å². The predicted octanol–water partition coefficient (Wildman–Crippen LogP) is 4.56. The Morgan fingerprint density at radius 3 is 2.42 bits per heavy atom. The number of rotatable bonds is 2. The van der Waals surface area contributed by atoms with Crippen molar-refractivity contribution in [2.24, 2.45) is 0 Å². The monoisotopic (exact) mass is 341 g/mol. The van der Waals surface area contributed by atoms with Crippen LogP contribution in [0.3, 0.4) is 0 Å². The number of aromatic nitrogens is 3. The SMILES string of the molecule is Cc1cc(Cl)cc(-c2nnc(CBr)n2C(C)(C)C)c1. The standard InChI is InChI=1S/C14H17BrClN3/c1-9-5-10(7-11(16)6-9)13-18-17-12(8-15)19(13)14(2,3)4/h5-7H,8H2,1-4H3. The van der Waals surface area contributed by atoms with E-state index in [0.717, 1.165) is 27.8 Å². The minimum absolute atomic E-state index is 0.0852. The Bertz CT molecular complexity index is 579. The van der Waals surface area contributed by atoms with Crippen molar-refractivity contribution in [1.29, 1.82) is 0 Å². The van der Waals surface area contributed by atoms with Gasteiger partial charge in [-0.15, -0.1) is 10.2 Å². The molecule has 0 N–H and O–H groups in total. The Kier molecular flexibility index (Phi) is 4.02. The van der Waals surface area contributed by atoms with E-state index in [0.29, 0.717) is 5.33 Å². The van der Waals surface area contributed by atoms with Crippen LogP contribution in [0.25, 0.3) is 11.4 Å². The van der Waals surface area contributed by atoms with Gasteiger partial charge in [-0.05, 0) is 51.5 Å². The summed E-state index contributed by atoms with van der Waals surface area (Å²) >= 11 is 9.61. The van der Waals surface area contributed by atoms with Gasteiger partial charge < -0.3 is 4.57 Å². The average molecular weight is 343 g/mol. The Morgan fingerprint density at radius 2 is 1.89 bits per heavy atom. The summed E-state index contributed by atoms with van der Waals surface area (Å²) in [6.45, 7) is 8.45. The van der Waals surface area contributed by atoms with Crippen LogP contribution in [0.5, 0.6) is 0 Å². The molecule has 3 nitrogen and oxygen atoms in total. The van der Waals surface area contributed by atoms with E-state index in [9.17, 15) is 0 Å². The molecular weight excluding hydrogens is 326 g/mol. The molecule has 0 radical (unpaired) electrons. The number of alkyl halides is 1. The van der Waals surface area contributed by atoms with Crippen LogP contribution in [0.15, 0.2) is 18.2 Å². The summed E-state index contributed by atoms with van der Waals surface area (Å²) in [5.41, 5.74) is 2.03. The average Bonchev–Trinajstić information content (AvgIpc) is 2.70. The first-order valence-electron chi connectivity index (χ1n) is 6.11. The van der Waals surface area contributed by atoms with Crippen molar-refractivity contribution < 1.29 is 0 Å². The Hall–Kier alpha value is -0.870. The van der Waals surface area contributed by atoms with E-state index in [1.54, 1.807) is 0 Å². The summed E-state index contributed by atoms with van der Waals surface area (Å²) in [5, 5.41) is 9.99. The van der Waals surface area contributed by atoms with Crippen molar-refractivity contribution in [2.75, 3.05) is 0 Å². The molecule has 2 aromatic rings. The van der Waals surface area contributed by atoms with E-state index in [-0.39, 0.29) is 5.54 Å². The molecule has 0 amide bonds. The maximum atomic E-state index is 6.14. The Morgan fingerprint density at radius 1 is 1.21 bits per heavy atom. The van der Waals surface area contributed by atoms with Gasteiger partial charge in [0.1, 0.15) is 5.82 Å². The number of benzene rings is 1. The second-order valence-corrected chi connectivity index (χ2v) is 6.59. The summed E-state index contributed by atoms with van der Waals surface area (Å²) in [6.07, 6.45) is 0. The second kappa shape index (κ2) is 5.25. The van der Waals surface area contributed by atoms with Crippen molar-refractivity contribution in [2.45, 2.75) is 38.6 Å². The highest BCUT2D eigenvalue weighted by Gasteiger charge is 2.23. The summed E-state index contributed by atoms with van der Waals surface area (Å²) in [6, 6.07) is 5.95. The first kappa shape index (κ1) is 14.5. The molecular formula is C14H17BrClN3. The Labute approximate surface area is 127 Å². The molecule has 2 rings (SSSR count). The third-order valence-electron chi connectivity index (χ3n) is 2.82. The van der Waals surface area contributed by atoms with Gasteiger partial charge in [-0.3, -0.25) is 0 Å². The Balaban J connectivity index is 2.66. The molecule has 0 saturated heterocycles. The molecule has 19 heavy (non-hydrogen) atoms. The fraction of sp³-hybridized carbons (Fsp3) is 0.429. The molecule has 0 bridgehead atoms. The van der Waals surface area contributed by atoms with Gasteiger partial charge in [-0.25, -0.2) is 0 Å². The van der Waals surface area contributed by atoms with Crippen molar-refractivity contribution in [1.82, 2.24) is 14.8 Å². The number of nitrogens with zero attached hydrogens (tertiary/aromatic N) is 3. The van der Waals surface area contributed by atoms with E-state index in [1.807, 2.05) is 19.1 Å². The van der Waals surface area contributed by atoms with Gasteiger partial charge in [0.25, 0.3) is 0 Å². The van der Waals surface area contributed by atoms with E-state index in [1.165, 1.54) is 0 Å². The fourth-order valence-electron chi connectivity index (χ4n) is 2.16. The first-order chi connectivity index (χ1) is 8.82. The molecule has 0 aliphatic heterocycles. The minimum atomic E-state index is -0.0852. The molecule has 1 heterocycles. The van der Waals surface area contributed by atoms with Crippen molar-refractivity contribution in [3.05, 3.63) is 34.6 Å². The van der Waals surface area contributed by atoms with Crippen LogP contribution in [0.1, 0.15) is 32.2 Å². The van der Waals surface area contributed by atoms with E-state index < -0.39 is 0 Å². The number of halogens is 2. The minimum Gasteiger partial charge on any atom is -0.305 e. The number of hydrogen-bond donors (Lipinski definition) is 0. The maximum Gasteiger partial charge on any atom is 0.164 e. The third-order valence-corrected chi connectivity index (χ3v) is 3.54. The van der Waals surface area contributed by atoms with Crippen LogP contribution >= 0.6 is 27.5 Å². The highest BCUT2D eigenvalue weighted by molar-refractivity contribution is 9.08. The summed E-state index contributed by atoms with van der Waals surface area (Å²) in [4.78, 5) is 0.